The summed E-state index contributed by atoms with van der Waals surface area (Å²) in [5.74, 6) is 0.666. The molecule has 0 atom stereocenters. The van der Waals surface area contributed by atoms with Crippen LogP contribution in [0.4, 0.5) is 5.69 Å². The molecule has 1 aromatic heterocycles. The lowest BCUT2D eigenvalue weighted by molar-refractivity contribution is -0.385. The first-order valence-corrected chi connectivity index (χ1v) is 5.35. The third-order valence-electron chi connectivity index (χ3n) is 2.28. The van der Waals surface area contributed by atoms with Gasteiger partial charge in [-0.2, -0.15) is 5.10 Å². The second kappa shape index (κ2) is 5.01. The lowest BCUT2D eigenvalue weighted by Gasteiger charge is -2.06. The second-order valence-corrected chi connectivity index (χ2v) is 3.89. The molecule has 8 heteroatoms. The van der Waals surface area contributed by atoms with Crippen LogP contribution in [0.2, 0.25) is 5.02 Å². The van der Waals surface area contributed by atoms with Crippen molar-refractivity contribution in [2.75, 3.05) is 0 Å². The summed E-state index contributed by atoms with van der Waals surface area (Å²) in [7, 11) is 1.71. The van der Waals surface area contributed by atoms with Gasteiger partial charge in [0.05, 0.1) is 4.92 Å². The number of nitro groups is 1. The van der Waals surface area contributed by atoms with Crippen LogP contribution in [0.3, 0.4) is 0 Å². The predicted octanol–water partition coefficient (Wildman–Crippen LogP) is 1.96. The summed E-state index contributed by atoms with van der Waals surface area (Å²) >= 11 is 5.78. The molecule has 7 nitrogen and oxygen atoms in total. The summed E-state index contributed by atoms with van der Waals surface area (Å²) in [6.07, 6.45) is 1.38. The number of hydrogen-bond acceptors (Lipinski definition) is 5. The molecule has 0 fully saturated rings. The molecule has 0 bridgehead atoms. The smallest absolute Gasteiger partial charge is 0.311 e. The highest BCUT2D eigenvalue weighted by Crippen LogP contribution is 2.30. The number of halogens is 1. The first-order chi connectivity index (χ1) is 8.58. The molecule has 18 heavy (non-hydrogen) atoms. The quantitative estimate of drug-likeness (QED) is 0.625. The molecule has 0 N–H and O–H groups in total. The number of nitrogens with zero attached hydrogens (tertiary/aromatic N) is 4. The van der Waals surface area contributed by atoms with Crippen LogP contribution < -0.4 is 4.74 Å². The molecule has 0 spiro atoms. The van der Waals surface area contributed by atoms with Crippen molar-refractivity contribution in [1.29, 1.82) is 0 Å². The van der Waals surface area contributed by atoms with Crippen LogP contribution in [0.5, 0.6) is 5.75 Å². The molecular weight excluding hydrogens is 260 g/mol. The molecular formula is C10H9ClN4O3. The van der Waals surface area contributed by atoms with Crippen molar-refractivity contribution in [3.8, 4) is 5.75 Å². The van der Waals surface area contributed by atoms with E-state index in [-0.39, 0.29) is 18.0 Å². The summed E-state index contributed by atoms with van der Waals surface area (Å²) in [6, 6.07) is 4.14. The van der Waals surface area contributed by atoms with Crippen molar-refractivity contribution in [3.63, 3.8) is 0 Å². The van der Waals surface area contributed by atoms with E-state index in [2.05, 4.69) is 10.1 Å². The standard InChI is InChI=1S/C10H9ClN4O3/c1-14-10(12-6-13-14)5-18-9-4-7(11)2-3-8(9)15(16)17/h2-4,6H,5H2,1H3. The first-order valence-electron chi connectivity index (χ1n) is 4.97. The number of aromatic nitrogens is 3. The topological polar surface area (TPSA) is 83.1 Å². The van der Waals surface area contributed by atoms with Crippen molar-refractivity contribution >= 4 is 17.3 Å². The van der Waals surface area contributed by atoms with Crippen LogP contribution in [0.15, 0.2) is 24.5 Å². The maximum atomic E-state index is 10.8. The Balaban J connectivity index is 2.20. The van der Waals surface area contributed by atoms with E-state index in [1.54, 1.807) is 7.05 Å². The second-order valence-electron chi connectivity index (χ2n) is 3.46. The van der Waals surface area contributed by atoms with Crippen LogP contribution in [-0.2, 0) is 13.7 Å². The van der Waals surface area contributed by atoms with E-state index in [1.807, 2.05) is 0 Å². The number of aryl methyl sites for hydroxylation is 1. The highest BCUT2D eigenvalue weighted by atomic mass is 35.5. The van der Waals surface area contributed by atoms with Gasteiger partial charge < -0.3 is 4.74 Å². The highest BCUT2D eigenvalue weighted by Gasteiger charge is 2.16. The van der Waals surface area contributed by atoms with Crippen molar-refractivity contribution < 1.29 is 9.66 Å². The normalized spacial score (nSPS) is 10.3. The SMILES string of the molecule is Cn1ncnc1COc1cc(Cl)ccc1[N+](=O)[O-]. The zero-order valence-corrected chi connectivity index (χ0v) is 10.2. The van der Waals surface area contributed by atoms with Crippen LogP contribution in [0.1, 0.15) is 5.82 Å². The van der Waals surface area contributed by atoms with Gasteiger partial charge in [-0.25, -0.2) is 4.98 Å². The minimum atomic E-state index is -0.525. The molecule has 2 rings (SSSR count). The molecule has 0 aliphatic carbocycles. The van der Waals surface area contributed by atoms with Gasteiger partial charge in [-0.1, -0.05) is 11.6 Å². The lowest BCUT2D eigenvalue weighted by atomic mass is 10.3. The summed E-state index contributed by atoms with van der Waals surface area (Å²) in [4.78, 5) is 14.2. The minimum Gasteiger partial charge on any atom is -0.479 e. The number of ether oxygens (including phenoxy) is 1. The molecule has 2 aromatic rings. The Kier molecular flexibility index (Phi) is 3.42. The third-order valence-corrected chi connectivity index (χ3v) is 2.52. The molecule has 94 valence electrons. The van der Waals surface area contributed by atoms with E-state index in [0.29, 0.717) is 10.8 Å². The average Bonchev–Trinajstić information content (AvgIpc) is 2.72. The zero-order chi connectivity index (χ0) is 13.1. The Morgan fingerprint density at radius 1 is 1.56 bits per heavy atom. The molecule has 0 aliphatic rings. The maximum Gasteiger partial charge on any atom is 0.311 e. The Bertz CT molecular complexity index is 584. The molecule has 0 saturated carbocycles. The van der Waals surface area contributed by atoms with Gasteiger partial charge >= 0.3 is 5.69 Å². The average molecular weight is 269 g/mol. The van der Waals surface area contributed by atoms with Crippen molar-refractivity contribution in [2.45, 2.75) is 6.61 Å². The van der Waals surface area contributed by atoms with E-state index < -0.39 is 4.92 Å². The summed E-state index contributed by atoms with van der Waals surface area (Å²) in [5, 5.41) is 15.0. The van der Waals surface area contributed by atoms with E-state index >= 15 is 0 Å². The lowest BCUT2D eigenvalue weighted by Crippen LogP contribution is -2.05. The molecule has 1 heterocycles. The molecule has 0 aliphatic heterocycles. The monoisotopic (exact) mass is 268 g/mol. The van der Waals surface area contributed by atoms with Crippen molar-refractivity contribution in [3.05, 3.63) is 45.5 Å². The number of rotatable bonds is 4. The van der Waals surface area contributed by atoms with Crippen LogP contribution >= 0.6 is 11.6 Å². The fraction of sp³-hybridized carbons (Fsp3) is 0.200. The predicted molar refractivity (Wildman–Crippen MR) is 63.4 cm³/mol. The molecule has 0 radical (unpaired) electrons. The van der Waals surface area contributed by atoms with Gasteiger partial charge in [-0.15, -0.1) is 0 Å². The fourth-order valence-corrected chi connectivity index (χ4v) is 1.51. The zero-order valence-electron chi connectivity index (χ0n) is 9.41. The molecule has 0 amide bonds. The largest absolute Gasteiger partial charge is 0.479 e. The van der Waals surface area contributed by atoms with E-state index in [4.69, 9.17) is 16.3 Å². The van der Waals surface area contributed by atoms with E-state index in [1.165, 1.54) is 29.2 Å². The Morgan fingerprint density at radius 3 is 2.94 bits per heavy atom. The highest BCUT2D eigenvalue weighted by molar-refractivity contribution is 6.30. The van der Waals surface area contributed by atoms with Crippen LogP contribution in [-0.4, -0.2) is 19.7 Å². The maximum absolute atomic E-state index is 10.8. The van der Waals surface area contributed by atoms with E-state index in [9.17, 15) is 10.1 Å². The Morgan fingerprint density at radius 2 is 2.33 bits per heavy atom. The first kappa shape index (κ1) is 12.3. The Hall–Kier alpha value is -2.15. The number of benzene rings is 1. The molecule has 0 unspecified atom stereocenters. The summed E-state index contributed by atoms with van der Waals surface area (Å²) in [5.41, 5.74) is -0.137. The van der Waals surface area contributed by atoms with Crippen molar-refractivity contribution in [2.24, 2.45) is 7.05 Å². The molecule has 0 saturated heterocycles. The minimum absolute atomic E-state index is 0.0810. The summed E-state index contributed by atoms with van der Waals surface area (Å²) in [6.45, 7) is 0.0810. The molecule has 1 aromatic carbocycles. The van der Waals surface area contributed by atoms with Gasteiger partial charge in [-0.05, 0) is 6.07 Å². The third kappa shape index (κ3) is 2.57. The fourth-order valence-electron chi connectivity index (χ4n) is 1.35. The van der Waals surface area contributed by atoms with Gasteiger partial charge in [-0.3, -0.25) is 14.8 Å². The number of hydrogen-bond donors (Lipinski definition) is 0. The van der Waals surface area contributed by atoms with Crippen LogP contribution in [0.25, 0.3) is 0 Å². The van der Waals surface area contributed by atoms with Crippen LogP contribution in [0, 0.1) is 10.1 Å². The van der Waals surface area contributed by atoms with Gasteiger partial charge in [0, 0.05) is 24.2 Å². The van der Waals surface area contributed by atoms with Gasteiger partial charge in [0.1, 0.15) is 12.9 Å². The Labute approximate surface area is 107 Å². The van der Waals surface area contributed by atoms with E-state index in [0.717, 1.165) is 0 Å². The van der Waals surface area contributed by atoms with Gasteiger partial charge in [0.25, 0.3) is 0 Å². The van der Waals surface area contributed by atoms with Crippen molar-refractivity contribution in [1.82, 2.24) is 14.8 Å². The summed E-state index contributed by atoms with van der Waals surface area (Å²) < 4.78 is 6.88. The van der Waals surface area contributed by atoms with Gasteiger partial charge in [0.2, 0.25) is 0 Å². The van der Waals surface area contributed by atoms with Gasteiger partial charge in [0.15, 0.2) is 11.6 Å². The number of nitro benzene ring substituents is 1.